The predicted octanol–water partition coefficient (Wildman–Crippen LogP) is 2.60. The summed E-state index contributed by atoms with van der Waals surface area (Å²) in [6.45, 7) is 5.58. The molecule has 0 unspecified atom stereocenters. The van der Waals surface area contributed by atoms with E-state index in [9.17, 15) is 0 Å². The summed E-state index contributed by atoms with van der Waals surface area (Å²) in [5.41, 5.74) is 2.14. The van der Waals surface area contributed by atoms with Gasteiger partial charge in [0, 0.05) is 50.4 Å². The van der Waals surface area contributed by atoms with Crippen molar-refractivity contribution in [1.29, 1.82) is 0 Å². The molecular formula is C19H23N3O2. The Morgan fingerprint density at radius 1 is 1.25 bits per heavy atom. The Labute approximate surface area is 142 Å². The fourth-order valence-corrected chi connectivity index (χ4v) is 3.69. The van der Waals surface area contributed by atoms with E-state index < -0.39 is 0 Å². The Bertz CT molecular complexity index is 686. The molecular weight excluding hydrogens is 302 g/mol. The molecule has 2 aromatic heterocycles. The summed E-state index contributed by atoms with van der Waals surface area (Å²) in [5, 5.41) is 0. The molecule has 0 aliphatic carbocycles. The normalized spacial score (nSPS) is 23.0. The van der Waals surface area contributed by atoms with Crippen LogP contribution in [0.25, 0.3) is 0 Å². The first-order valence-electron chi connectivity index (χ1n) is 8.57. The molecule has 126 valence electrons. The van der Waals surface area contributed by atoms with Crippen LogP contribution in [0.2, 0.25) is 0 Å². The summed E-state index contributed by atoms with van der Waals surface area (Å²) in [5.74, 6) is 0.708. The van der Waals surface area contributed by atoms with E-state index in [1.165, 1.54) is 0 Å². The standard InChI is InChI=1S/C19H23N3O2/c1-15-5-4-6-16(21-15)12-22-13-19(14-22)11-17(8-10-23-19)24-18-7-2-3-9-20-18/h2-7,9,17H,8,10-14H2,1H3/t17-/m1/s1. The molecule has 5 heteroatoms. The number of ether oxygens (including phenoxy) is 2. The molecule has 0 radical (unpaired) electrons. The van der Waals surface area contributed by atoms with Crippen LogP contribution in [0.3, 0.4) is 0 Å². The van der Waals surface area contributed by atoms with Crippen LogP contribution in [0.5, 0.6) is 5.88 Å². The first-order chi connectivity index (χ1) is 11.7. The maximum Gasteiger partial charge on any atom is 0.213 e. The number of aromatic nitrogens is 2. The lowest BCUT2D eigenvalue weighted by Crippen LogP contribution is -2.65. The van der Waals surface area contributed by atoms with Crippen molar-refractivity contribution in [1.82, 2.24) is 14.9 Å². The summed E-state index contributed by atoms with van der Waals surface area (Å²) in [6.07, 6.45) is 3.82. The van der Waals surface area contributed by atoms with Crippen molar-refractivity contribution >= 4 is 0 Å². The Morgan fingerprint density at radius 2 is 2.17 bits per heavy atom. The van der Waals surface area contributed by atoms with Gasteiger partial charge in [0.2, 0.25) is 5.88 Å². The number of hydrogen-bond acceptors (Lipinski definition) is 5. The van der Waals surface area contributed by atoms with Crippen molar-refractivity contribution in [2.24, 2.45) is 0 Å². The second-order valence-corrected chi connectivity index (χ2v) is 6.85. The molecule has 4 rings (SSSR count). The molecule has 2 saturated heterocycles. The fourth-order valence-electron chi connectivity index (χ4n) is 3.69. The van der Waals surface area contributed by atoms with Gasteiger partial charge in [0.05, 0.1) is 17.9 Å². The summed E-state index contributed by atoms with van der Waals surface area (Å²) in [7, 11) is 0. The molecule has 1 atom stereocenters. The highest BCUT2D eigenvalue weighted by Crippen LogP contribution is 2.36. The number of likely N-dealkylation sites (tertiary alicyclic amines) is 1. The van der Waals surface area contributed by atoms with E-state index in [-0.39, 0.29) is 11.7 Å². The van der Waals surface area contributed by atoms with Gasteiger partial charge in [0.15, 0.2) is 0 Å². The minimum Gasteiger partial charge on any atom is -0.474 e. The second-order valence-electron chi connectivity index (χ2n) is 6.85. The number of rotatable bonds is 4. The highest BCUT2D eigenvalue weighted by molar-refractivity contribution is 5.13. The van der Waals surface area contributed by atoms with Crippen LogP contribution in [0.1, 0.15) is 24.2 Å². The third-order valence-corrected chi connectivity index (χ3v) is 4.73. The zero-order valence-corrected chi connectivity index (χ0v) is 14.0. The molecule has 2 aromatic rings. The molecule has 0 amide bonds. The van der Waals surface area contributed by atoms with Crippen LogP contribution in [-0.2, 0) is 11.3 Å². The largest absolute Gasteiger partial charge is 0.474 e. The minimum absolute atomic E-state index is 0.0540. The summed E-state index contributed by atoms with van der Waals surface area (Å²) < 4.78 is 12.1. The van der Waals surface area contributed by atoms with Crippen molar-refractivity contribution in [3.63, 3.8) is 0 Å². The molecule has 4 heterocycles. The van der Waals surface area contributed by atoms with Crippen molar-refractivity contribution in [2.75, 3.05) is 19.7 Å². The van der Waals surface area contributed by atoms with E-state index in [0.29, 0.717) is 5.88 Å². The third kappa shape index (κ3) is 3.42. The second kappa shape index (κ2) is 6.49. The molecule has 24 heavy (non-hydrogen) atoms. The van der Waals surface area contributed by atoms with Crippen molar-refractivity contribution in [2.45, 2.75) is 38.0 Å². The van der Waals surface area contributed by atoms with Gasteiger partial charge in [-0.2, -0.15) is 0 Å². The van der Waals surface area contributed by atoms with Crippen LogP contribution >= 0.6 is 0 Å². The molecule has 2 fully saturated rings. The average molecular weight is 325 g/mol. The summed E-state index contributed by atoms with van der Waals surface area (Å²) in [4.78, 5) is 11.2. The van der Waals surface area contributed by atoms with Crippen LogP contribution in [0.4, 0.5) is 0 Å². The zero-order chi connectivity index (χ0) is 16.4. The molecule has 0 N–H and O–H groups in total. The van der Waals surface area contributed by atoms with Crippen molar-refractivity contribution < 1.29 is 9.47 Å². The molecule has 0 aromatic carbocycles. The fraction of sp³-hybridized carbons (Fsp3) is 0.474. The van der Waals surface area contributed by atoms with Crippen LogP contribution in [0.15, 0.2) is 42.6 Å². The molecule has 2 aliphatic heterocycles. The van der Waals surface area contributed by atoms with E-state index in [0.717, 1.165) is 50.5 Å². The SMILES string of the molecule is Cc1cccc(CN2CC3(C[C@H](Oc4ccccn4)CCO3)C2)n1. The van der Waals surface area contributed by atoms with Crippen LogP contribution < -0.4 is 4.74 Å². The lowest BCUT2D eigenvalue weighted by molar-refractivity contribution is -0.188. The van der Waals surface area contributed by atoms with Crippen LogP contribution in [-0.4, -0.2) is 46.3 Å². The van der Waals surface area contributed by atoms with Gasteiger partial charge in [-0.05, 0) is 25.1 Å². The quantitative estimate of drug-likeness (QED) is 0.865. The Hall–Kier alpha value is -1.98. The van der Waals surface area contributed by atoms with Gasteiger partial charge in [-0.25, -0.2) is 4.98 Å². The average Bonchev–Trinajstić information content (AvgIpc) is 2.55. The van der Waals surface area contributed by atoms with E-state index in [2.05, 4.69) is 27.0 Å². The number of hydrogen-bond donors (Lipinski definition) is 0. The minimum atomic E-state index is -0.0540. The van der Waals surface area contributed by atoms with E-state index in [1.54, 1.807) is 6.20 Å². The zero-order valence-electron chi connectivity index (χ0n) is 14.0. The number of pyridine rings is 2. The topological polar surface area (TPSA) is 47.5 Å². The first-order valence-corrected chi connectivity index (χ1v) is 8.57. The van der Waals surface area contributed by atoms with Gasteiger partial charge in [-0.3, -0.25) is 9.88 Å². The smallest absolute Gasteiger partial charge is 0.213 e. The van der Waals surface area contributed by atoms with Gasteiger partial charge in [0.1, 0.15) is 6.10 Å². The van der Waals surface area contributed by atoms with Gasteiger partial charge >= 0.3 is 0 Å². The Kier molecular flexibility index (Phi) is 4.21. The molecule has 1 spiro atoms. The van der Waals surface area contributed by atoms with Gasteiger partial charge in [0.25, 0.3) is 0 Å². The Morgan fingerprint density at radius 3 is 2.96 bits per heavy atom. The van der Waals surface area contributed by atoms with Gasteiger partial charge < -0.3 is 9.47 Å². The maximum absolute atomic E-state index is 6.10. The lowest BCUT2D eigenvalue weighted by atomic mass is 9.84. The van der Waals surface area contributed by atoms with E-state index >= 15 is 0 Å². The van der Waals surface area contributed by atoms with E-state index in [4.69, 9.17) is 9.47 Å². The highest BCUT2D eigenvalue weighted by atomic mass is 16.5. The summed E-state index contributed by atoms with van der Waals surface area (Å²) >= 11 is 0. The number of aryl methyl sites for hydroxylation is 1. The molecule has 2 aliphatic rings. The lowest BCUT2D eigenvalue weighted by Gasteiger charge is -2.53. The van der Waals surface area contributed by atoms with Crippen LogP contribution in [0, 0.1) is 6.92 Å². The number of nitrogens with zero attached hydrogens (tertiary/aromatic N) is 3. The summed E-state index contributed by atoms with van der Waals surface area (Å²) in [6, 6.07) is 12.0. The van der Waals surface area contributed by atoms with Crippen molar-refractivity contribution in [3.8, 4) is 5.88 Å². The molecule has 0 bridgehead atoms. The third-order valence-electron chi connectivity index (χ3n) is 4.73. The Balaban J connectivity index is 1.32. The molecule has 0 saturated carbocycles. The monoisotopic (exact) mass is 325 g/mol. The van der Waals surface area contributed by atoms with E-state index in [1.807, 2.05) is 31.2 Å². The first kappa shape index (κ1) is 15.5. The highest BCUT2D eigenvalue weighted by Gasteiger charge is 2.48. The predicted molar refractivity (Wildman–Crippen MR) is 90.8 cm³/mol. The van der Waals surface area contributed by atoms with Gasteiger partial charge in [-0.1, -0.05) is 12.1 Å². The van der Waals surface area contributed by atoms with Gasteiger partial charge in [-0.15, -0.1) is 0 Å². The van der Waals surface area contributed by atoms with Crippen molar-refractivity contribution in [3.05, 3.63) is 54.0 Å². The maximum atomic E-state index is 6.10. The molecule has 5 nitrogen and oxygen atoms in total.